The van der Waals surface area contributed by atoms with Gasteiger partial charge in [-0.2, -0.15) is 0 Å². The number of β-amino-alcohol motifs (C(OH)–C–C–N with tert-alkyl or cyclic N) is 1. The van der Waals surface area contributed by atoms with E-state index in [1.54, 1.807) is 0 Å². The van der Waals surface area contributed by atoms with Crippen LogP contribution in [0.3, 0.4) is 0 Å². The minimum atomic E-state index is -1.76. The van der Waals surface area contributed by atoms with E-state index in [1.165, 1.54) is 18.1 Å². The fraction of sp³-hybridized carbons (Fsp3) is 0.278. The molecule has 1 unspecified atom stereocenters. The third kappa shape index (κ3) is 2.75. The van der Waals surface area contributed by atoms with E-state index < -0.39 is 11.6 Å². The van der Waals surface area contributed by atoms with Gasteiger partial charge in [0.15, 0.2) is 5.60 Å². The lowest BCUT2D eigenvalue weighted by Gasteiger charge is -2.28. The quantitative estimate of drug-likeness (QED) is 0.914. The number of carbonyl (C=O) groups is 1. The first-order chi connectivity index (χ1) is 10.5. The van der Waals surface area contributed by atoms with Gasteiger partial charge in [0.2, 0.25) is 0 Å². The monoisotopic (exact) mass is 297 g/mol. The molecule has 0 saturated heterocycles. The molecule has 4 nitrogen and oxygen atoms in total. The van der Waals surface area contributed by atoms with Gasteiger partial charge in [-0.15, -0.1) is 0 Å². The van der Waals surface area contributed by atoms with E-state index in [2.05, 4.69) is 24.3 Å². The Labute approximate surface area is 129 Å². The topological polar surface area (TPSA) is 60.8 Å². The third-order valence-corrected chi connectivity index (χ3v) is 4.11. The number of nitrogens with zero attached hydrogens (tertiary/aromatic N) is 1. The van der Waals surface area contributed by atoms with E-state index in [0.717, 1.165) is 11.1 Å². The number of hydrogen-bond donors (Lipinski definition) is 2. The predicted octanol–water partition coefficient (Wildman–Crippen LogP) is 2.50. The molecule has 1 heterocycles. The smallest absolute Gasteiger partial charge is 0.336 e. The highest BCUT2D eigenvalue weighted by Gasteiger charge is 2.33. The second-order valence-corrected chi connectivity index (χ2v) is 6.04. The van der Waals surface area contributed by atoms with Crippen molar-refractivity contribution in [3.05, 3.63) is 59.7 Å². The van der Waals surface area contributed by atoms with Crippen LogP contribution in [0.2, 0.25) is 0 Å². The first kappa shape index (κ1) is 14.8. The molecule has 0 saturated carbocycles. The molecule has 2 aromatic carbocycles. The van der Waals surface area contributed by atoms with Gasteiger partial charge in [0.05, 0.1) is 0 Å². The van der Waals surface area contributed by atoms with Crippen molar-refractivity contribution in [1.29, 1.82) is 0 Å². The van der Waals surface area contributed by atoms with Gasteiger partial charge < -0.3 is 10.2 Å². The minimum absolute atomic E-state index is 0.0883. The molecule has 1 atom stereocenters. The van der Waals surface area contributed by atoms with Crippen molar-refractivity contribution in [1.82, 2.24) is 4.90 Å². The number of fused-ring (bicyclic) bond motifs is 3. The summed E-state index contributed by atoms with van der Waals surface area (Å²) in [5.41, 5.74) is 2.89. The maximum atomic E-state index is 11.2. The Morgan fingerprint density at radius 2 is 1.50 bits per heavy atom. The second-order valence-electron chi connectivity index (χ2n) is 6.04. The molecule has 4 heteroatoms. The highest BCUT2D eigenvalue weighted by molar-refractivity contribution is 5.77. The summed E-state index contributed by atoms with van der Waals surface area (Å²) in [7, 11) is 0. The van der Waals surface area contributed by atoms with Crippen molar-refractivity contribution in [2.45, 2.75) is 25.6 Å². The third-order valence-electron chi connectivity index (χ3n) is 4.11. The molecule has 0 aromatic heterocycles. The molecule has 1 aliphatic rings. The van der Waals surface area contributed by atoms with Crippen LogP contribution in [0, 0.1) is 0 Å². The van der Waals surface area contributed by atoms with Gasteiger partial charge in [0, 0.05) is 19.6 Å². The van der Waals surface area contributed by atoms with Gasteiger partial charge in [-0.3, -0.25) is 4.90 Å². The molecule has 22 heavy (non-hydrogen) atoms. The minimum Gasteiger partial charge on any atom is -0.479 e. The molecule has 1 aliphatic heterocycles. The maximum absolute atomic E-state index is 11.2. The molecule has 2 aromatic rings. The number of hydrogen-bond acceptors (Lipinski definition) is 3. The Bertz CT molecular complexity index is 661. The molecule has 0 bridgehead atoms. The molecular formula is C18H19NO3. The molecule has 2 N–H and O–H groups in total. The van der Waals surface area contributed by atoms with Crippen molar-refractivity contribution in [3.63, 3.8) is 0 Å². The second kappa shape index (κ2) is 5.55. The Balaban J connectivity index is 2.01. The summed E-state index contributed by atoms with van der Waals surface area (Å²) in [6, 6.07) is 16.3. The molecule has 114 valence electrons. The summed E-state index contributed by atoms with van der Waals surface area (Å²) in [4.78, 5) is 13.2. The molecule has 0 aliphatic carbocycles. The highest BCUT2D eigenvalue weighted by atomic mass is 16.4. The van der Waals surface area contributed by atoms with Gasteiger partial charge in [-0.1, -0.05) is 48.5 Å². The average molecular weight is 297 g/mol. The largest absolute Gasteiger partial charge is 0.479 e. The van der Waals surface area contributed by atoms with Crippen LogP contribution in [0.1, 0.15) is 18.1 Å². The van der Waals surface area contributed by atoms with Gasteiger partial charge in [-0.25, -0.2) is 4.79 Å². The zero-order chi connectivity index (χ0) is 15.7. The Hall–Kier alpha value is -2.17. The fourth-order valence-corrected chi connectivity index (χ4v) is 2.99. The molecule has 3 rings (SSSR count). The normalized spacial score (nSPS) is 17.0. The van der Waals surface area contributed by atoms with Crippen LogP contribution in [0.15, 0.2) is 48.5 Å². The summed E-state index contributed by atoms with van der Waals surface area (Å²) in [6.45, 7) is 2.67. The SMILES string of the molecule is CC(O)(CN1Cc2ccccc2-c2ccccc2C1)C(=O)O. The zero-order valence-electron chi connectivity index (χ0n) is 12.5. The number of aliphatic carboxylic acids is 1. The fourth-order valence-electron chi connectivity index (χ4n) is 2.99. The molecule has 0 radical (unpaired) electrons. The lowest BCUT2D eigenvalue weighted by Crippen LogP contribution is -2.46. The highest BCUT2D eigenvalue weighted by Crippen LogP contribution is 2.32. The number of carboxylic acids is 1. The lowest BCUT2D eigenvalue weighted by atomic mass is 9.97. The number of carboxylic acid groups (broad SMARTS) is 1. The average Bonchev–Trinajstić information content (AvgIpc) is 2.62. The van der Waals surface area contributed by atoms with Crippen LogP contribution in [-0.4, -0.2) is 33.2 Å². The van der Waals surface area contributed by atoms with Gasteiger partial charge in [0.25, 0.3) is 0 Å². The Morgan fingerprint density at radius 1 is 1.05 bits per heavy atom. The number of aliphatic hydroxyl groups is 1. The predicted molar refractivity (Wildman–Crippen MR) is 84.3 cm³/mol. The molecule has 0 amide bonds. The van der Waals surface area contributed by atoms with E-state index in [0.29, 0.717) is 13.1 Å². The zero-order valence-corrected chi connectivity index (χ0v) is 12.5. The molecular weight excluding hydrogens is 278 g/mol. The van der Waals surface area contributed by atoms with E-state index in [4.69, 9.17) is 5.11 Å². The van der Waals surface area contributed by atoms with E-state index in [1.807, 2.05) is 29.2 Å². The van der Waals surface area contributed by atoms with Crippen LogP contribution in [0.4, 0.5) is 0 Å². The maximum Gasteiger partial charge on any atom is 0.336 e. The summed E-state index contributed by atoms with van der Waals surface area (Å²) in [6.07, 6.45) is 0. The van der Waals surface area contributed by atoms with Crippen molar-refractivity contribution in [2.75, 3.05) is 6.54 Å². The van der Waals surface area contributed by atoms with E-state index in [-0.39, 0.29) is 6.54 Å². The standard InChI is InChI=1S/C18H19NO3/c1-18(22,17(20)21)12-19-10-13-6-2-4-8-15(13)16-9-5-3-7-14(16)11-19/h2-9,22H,10-12H2,1H3,(H,20,21). The first-order valence-electron chi connectivity index (χ1n) is 7.32. The van der Waals surface area contributed by atoms with Crippen molar-refractivity contribution in [2.24, 2.45) is 0 Å². The van der Waals surface area contributed by atoms with E-state index >= 15 is 0 Å². The summed E-state index contributed by atoms with van der Waals surface area (Å²) in [5.74, 6) is -1.20. The summed E-state index contributed by atoms with van der Waals surface area (Å²) < 4.78 is 0. The van der Waals surface area contributed by atoms with Gasteiger partial charge in [0.1, 0.15) is 0 Å². The van der Waals surface area contributed by atoms with Crippen LogP contribution in [0.25, 0.3) is 11.1 Å². The Morgan fingerprint density at radius 3 is 1.95 bits per heavy atom. The number of benzene rings is 2. The van der Waals surface area contributed by atoms with Crippen LogP contribution in [0.5, 0.6) is 0 Å². The van der Waals surface area contributed by atoms with Crippen molar-refractivity contribution >= 4 is 5.97 Å². The van der Waals surface area contributed by atoms with Gasteiger partial charge in [-0.05, 0) is 29.2 Å². The van der Waals surface area contributed by atoms with Crippen molar-refractivity contribution in [3.8, 4) is 11.1 Å². The molecule has 0 fully saturated rings. The summed E-state index contributed by atoms with van der Waals surface area (Å²) in [5, 5.41) is 19.2. The number of rotatable bonds is 3. The first-order valence-corrected chi connectivity index (χ1v) is 7.32. The van der Waals surface area contributed by atoms with Crippen LogP contribution < -0.4 is 0 Å². The summed E-state index contributed by atoms with van der Waals surface area (Å²) >= 11 is 0. The van der Waals surface area contributed by atoms with E-state index in [9.17, 15) is 9.90 Å². The lowest BCUT2D eigenvalue weighted by molar-refractivity contribution is -0.158. The Kier molecular flexibility index (Phi) is 3.72. The molecule has 0 spiro atoms. The van der Waals surface area contributed by atoms with Crippen LogP contribution >= 0.6 is 0 Å². The van der Waals surface area contributed by atoms with Crippen molar-refractivity contribution < 1.29 is 15.0 Å². The van der Waals surface area contributed by atoms with Gasteiger partial charge >= 0.3 is 5.97 Å². The van der Waals surface area contributed by atoms with Crippen LogP contribution in [-0.2, 0) is 17.9 Å².